The van der Waals surface area contributed by atoms with Gasteiger partial charge in [0.05, 0.1) is 13.2 Å². The number of ether oxygens (including phenoxy) is 1. The normalized spacial score (nSPS) is 13.0. The standard InChI is InChI=1S/C19H23FO2/c1-12-6-8-14(16(10-12)18(21)19(2,3)4)15-11-13(22-5)7-9-17(15)20/h6-11,18,21H,1-5H3. The van der Waals surface area contributed by atoms with Crippen molar-refractivity contribution in [3.63, 3.8) is 0 Å². The second-order valence-electron chi connectivity index (χ2n) is 6.71. The molecule has 0 heterocycles. The lowest BCUT2D eigenvalue weighted by Crippen LogP contribution is -2.18. The van der Waals surface area contributed by atoms with Crippen LogP contribution in [0.1, 0.15) is 38.0 Å². The van der Waals surface area contributed by atoms with Gasteiger partial charge < -0.3 is 9.84 Å². The molecule has 0 bridgehead atoms. The fraction of sp³-hybridized carbons (Fsp3) is 0.368. The number of aliphatic hydroxyl groups excluding tert-OH is 1. The van der Waals surface area contributed by atoms with Crippen molar-refractivity contribution in [2.75, 3.05) is 7.11 Å². The van der Waals surface area contributed by atoms with Crippen LogP contribution in [0.15, 0.2) is 36.4 Å². The molecule has 0 aliphatic carbocycles. The molecule has 2 aromatic rings. The van der Waals surface area contributed by atoms with Gasteiger partial charge in [0.1, 0.15) is 11.6 Å². The second-order valence-corrected chi connectivity index (χ2v) is 6.71. The Morgan fingerprint density at radius 1 is 1.05 bits per heavy atom. The van der Waals surface area contributed by atoms with E-state index in [1.807, 2.05) is 45.9 Å². The molecule has 0 aliphatic rings. The van der Waals surface area contributed by atoms with Crippen molar-refractivity contribution in [3.8, 4) is 16.9 Å². The Balaban J connectivity index is 2.66. The highest BCUT2D eigenvalue weighted by Gasteiger charge is 2.27. The molecule has 3 heteroatoms. The van der Waals surface area contributed by atoms with Gasteiger partial charge in [0.2, 0.25) is 0 Å². The molecule has 0 aliphatic heterocycles. The molecule has 0 saturated heterocycles. The van der Waals surface area contributed by atoms with E-state index >= 15 is 0 Å². The Bertz CT molecular complexity index is 672. The smallest absolute Gasteiger partial charge is 0.131 e. The summed E-state index contributed by atoms with van der Waals surface area (Å²) in [7, 11) is 1.55. The van der Waals surface area contributed by atoms with Crippen LogP contribution in [0.2, 0.25) is 0 Å². The van der Waals surface area contributed by atoms with Gasteiger partial charge in [-0.2, -0.15) is 0 Å². The summed E-state index contributed by atoms with van der Waals surface area (Å²) in [5.41, 5.74) is 2.57. The average molecular weight is 302 g/mol. The van der Waals surface area contributed by atoms with Crippen LogP contribution in [0.5, 0.6) is 5.75 Å². The van der Waals surface area contributed by atoms with E-state index in [2.05, 4.69) is 0 Å². The van der Waals surface area contributed by atoms with Crippen molar-refractivity contribution >= 4 is 0 Å². The first-order chi connectivity index (χ1) is 10.2. The molecule has 0 fully saturated rings. The Kier molecular flexibility index (Phi) is 4.57. The zero-order valence-corrected chi connectivity index (χ0v) is 13.8. The zero-order chi connectivity index (χ0) is 16.5. The van der Waals surface area contributed by atoms with Gasteiger partial charge in [0, 0.05) is 5.56 Å². The summed E-state index contributed by atoms with van der Waals surface area (Å²) in [5.74, 6) is 0.264. The molecular formula is C19H23FO2. The van der Waals surface area contributed by atoms with Crippen molar-refractivity contribution < 1.29 is 14.2 Å². The number of halogens is 1. The zero-order valence-electron chi connectivity index (χ0n) is 13.8. The van der Waals surface area contributed by atoms with Gasteiger partial charge in [-0.05, 0) is 41.7 Å². The van der Waals surface area contributed by atoms with Gasteiger partial charge in [-0.3, -0.25) is 0 Å². The summed E-state index contributed by atoms with van der Waals surface area (Å²) in [4.78, 5) is 0. The van der Waals surface area contributed by atoms with Crippen LogP contribution >= 0.6 is 0 Å². The van der Waals surface area contributed by atoms with Gasteiger partial charge in [-0.15, -0.1) is 0 Å². The fourth-order valence-electron chi connectivity index (χ4n) is 2.46. The monoisotopic (exact) mass is 302 g/mol. The van der Waals surface area contributed by atoms with Crippen LogP contribution in [0.3, 0.4) is 0 Å². The second kappa shape index (κ2) is 6.09. The third-order valence-electron chi connectivity index (χ3n) is 3.79. The minimum absolute atomic E-state index is 0.327. The summed E-state index contributed by atoms with van der Waals surface area (Å²) in [6.45, 7) is 7.85. The maximum Gasteiger partial charge on any atom is 0.131 e. The highest BCUT2D eigenvalue weighted by atomic mass is 19.1. The van der Waals surface area contributed by atoms with Gasteiger partial charge in [-0.1, -0.05) is 44.5 Å². The topological polar surface area (TPSA) is 29.5 Å². The lowest BCUT2D eigenvalue weighted by molar-refractivity contribution is 0.0631. The number of hydrogen-bond acceptors (Lipinski definition) is 2. The number of benzene rings is 2. The Labute approximate surface area is 131 Å². The molecular weight excluding hydrogens is 279 g/mol. The average Bonchev–Trinajstić information content (AvgIpc) is 2.46. The minimum atomic E-state index is -0.687. The molecule has 1 unspecified atom stereocenters. The van der Waals surface area contributed by atoms with Gasteiger partial charge >= 0.3 is 0 Å². The first kappa shape index (κ1) is 16.5. The first-order valence-corrected chi connectivity index (χ1v) is 7.36. The van der Waals surface area contributed by atoms with E-state index < -0.39 is 6.10 Å². The van der Waals surface area contributed by atoms with E-state index in [-0.39, 0.29) is 11.2 Å². The maximum atomic E-state index is 14.3. The fourth-order valence-corrected chi connectivity index (χ4v) is 2.46. The van der Waals surface area contributed by atoms with Crippen LogP contribution in [-0.4, -0.2) is 12.2 Å². The van der Waals surface area contributed by atoms with Gasteiger partial charge in [-0.25, -0.2) is 4.39 Å². The van der Waals surface area contributed by atoms with E-state index in [1.54, 1.807) is 19.2 Å². The van der Waals surface area contributed by atoms with Crippen molar-refractivity contribution in [3.05, 3.63) is 53.3 Å². The number of aryl methyl sites for hydroxylation is 1. The van der Waals surface area contributed by atoms with Crippen molar-refractivity contribution in [1.29, 1.82) is 0 Å². The molecule has 118 valence electrons. The van der Waals surface area contributed by atoms with Crippen molar-refractivity contribution in [2.45, 2.75) is 33.8 Å². The molecule has 0 saturated carbocycles. The van der Waals surface area contributed by atoms with E-state index in [4.69, 9.17) is 4.74 Å². The molecule has 0 radical (unpaired) electrons. The molecule has 2 rings (SSSR count). The quantitative estimate of drug-likeness (QED) is 0.874. The van der Waals surface area contributed by atoms with E-state index in [0.29, 0.717) is 16.9 Å². The predicted octanol–water partition coefficient (Wildman–Crippen LogP) is 4.89. The molecule has 2 nitrogen and oxygen atoms in total. The first-order valence-electron chi connectivity index (χ1n) is 7.36. The van der Waals surface area contributed by atoms with Crippen LogP contribution in [0.25, 0.3) is 11.1 Å². The third-order valence-corrected chi connectivity index (χ3v) is 3.79. The number of rotatable bonds is 3. The highest BCUT2D eigenvalue weighted by molar-refractivity contribution is 5.70. The Morgan fingerprint density at radius 2 is 1.73 bits per heavy atom. The predicted molar refractivity (Wildman–Crippen MR) is 87.5 cm³/mol. The largest absolute Gasteiger partial charge is 0.497 e. The maximum absolute atomic E-state index is 14.3. The minimum Gasteiger partial charge on any atom is -0.497 e. The van der Waals surface area contributed by atoms with Crippen LogP contribution in [0.4, 0.5) is 4.39 Å². The number of hydrogen-bond donors (Lipinski definition) is 1. The summed E-state index contributed by atoms with van der Waals surface area (Å²) in [6, 6.07) is 10.3. The molecule has 0 amide bonds. The molecule has 0 aromatic heterocycles. The van der Waals surface area contributed by atoms with E-state index in [9.17, 15) is 9.50 Å². The van der Waals surface area contributed by atoms with Crippen molar-refractivity contribution in [1.82, 2.24) is 0 Å². The van der Waals surface area contributed by atoms with Gasteiger partial charge in [0.15, 0.2) is 0 Å². The lowest BCUT2D eigenvalue weighted by Gasteiger charge is -2.28. The van der Waals surface area contributed by atoms with Crippen LogP contribution < -0.4 is 4.74 Å². The summed E-state index contributed by atoms with van der Waals surface area (Å²) in [5, 5.41) is 10.7. The van der Waals surface area contributed by atoms with Crippen molar-refractivity contribution in [2.24, 2.45) is 5.41 Å². The lowest BCUT2D eigenvalue weighted by atomic mass is 9.81. The van der Waals surface area contributed by atoms with E-state index in [0.717, 1.165) is 11.1 Å². The Morgan fingerprint density at radius 3 is 2.32 bits per heavy atom. The highest BCUT2D eigenvalue weighted by Crippen LogP contribution is 2.39. The summed E-state index contributed by atoms with van der Waals surface area (Å²) < 4.78 is 19.5. The molecule has 0 spiro atoms. The molecule has 2 aromatic carbocycles. The van der Waals surface area contributed by atoms with Crippen LogP contribution in [-0.2, 0) is 0 Å². The van der Waals surface area contributed by atoms with E-state index in [1.165, 1.54) is 6.07 Å². The molecule has 1 atom stereocenters. The van der Waals surface area contributed by atoms with Gasteiger partial charge in [0.25, 0.3) is 0 Å². The van der Waals surface area contributed by atoms with Crippen LogP contribution in [0, 0.1) is 18.2 Å². The summed E-state index contributed by atoms with van der Waals surface area (Å²) >= 11 is 0. The number of methoxy groups -OCH3 is 1. The molecule has 1 N–H and O–H groups in total. The summed E-state index contributed by atoms with van der Waals surface area (Å²) in [6.07, 6.45) is -0.687. The molecule has 22 heavy (non-hydrogen) atoms. The Hall–Kier alpha value is -1.87. The number of aliphatic hydroxyl groups is 1. The third kappa shape index (κ3) is 3.30. The SMILES string of the molecule is COc1ccc(F)c(-c2ccc(C)cc2C(O)C(C)(C)C)c1.